The van der Waals surface area contributed by atoms with E-state index in [9.17, 15) is 26.3 Å². The number of hydrogen-bond acceptors (Lipinski definition) is 2. The van der Waals surface area contributed by atoms with Gasteiger partial charge in [0.25, 0.3) is 0 Å². The average Bonchev–Trinajstić information content (AvgIpc) is 2.58. The van der Waals surface area contributed by atoms with Gasteiger partial charge in [-0.25, -0.2) is 0 Å². The van der Waals surface area contributed by atoms with Gasteiger partial charge in [0, 0.05) is 12.0 Å². The molecule has 2 aromatic carbocycles. The first kappa shape index (κ1) is 18.6. The molecule has 0 aromatic heterocycles. The molecule has 1 aliphatic heterocycles. The quantitative estimate of drug-likeness (QED) is 0.634. The number of halogens is 6. The van der Waals surface area contributed by atoms with E-state index in [0.717, 1.165) is 5.56 Å². The van der Waals surface area contributed by atoms with E-state index >= 15 is 0 Å². The highest BCUT2D eigenvalue weighted by Crippen LogP contribution is 2.38. The van der Waals surface area contributed by atoms with Gasteiger partial charge in [-0.1, -0.05) is 18.2 Å². The SMILES string of the molecule is FC(F)(F)c1cc(CO[C@@H]2CCOc3ccccc32)cc(C(F)(F)F)c1. The molecule has 1 heterocycles. The third kappa shape index (κ3) is 4.12. The molecule has 1 atom stereocenters. The van der Waals surface area contributed by atoms with Crippen LogP contribution in [0.25, 0.3) is 0 Å². The molecule has 2 nitrogen and oxygen atoms in total. The summed E-state index contributed by atoms with van der Waals surface area (Å²) in [5.74, 6) is 0.601. The van der Waals surface area contributed by atoms with Crippen LogP contribution in [-0.2, 0) is 23.7 Å². The van der Waals surface area contributed by atoms with Gasteiger partial charge in [0.1, 0.15) is 5.75 Å². The van der Waals surface area contributed by atoms with E-state index in [2.05, 4.69) is 0 Å². The first-order chi connectivity index (χ1) is 12.1. The van der Waals surface area contributed by atoms with Gasteiger partial charge in [0.15, 0.2) is 0 Å². The number of hydrogen-bond donors (Lipinski definition) is 0. The minimum Gasteiger partial charge on any atom is -0.493 e. The van der Waals surface area contributed by atoms with E-state index in [1.54, 1.807) is 24.3 Å². The summed E-state index contributed by atoms with van der Waals surface area (Å²) >= 11 is 0. The van der Waals surface area contributed by atoms with E-state index in [-0.39, 0.29) is 18.2 Å². The zero-order valence-corrected chi connectivity index (χ0v) is 13.3. The Bertz CT molecular complexity index is 750. The van der Waals surface area contributed by atoms with Crippen molar-refractivity contribution in [1.29, 1.82) is 0 Å². The molecule has 8 heteroatoms. The van der Waals surface area contributed by atoms with E-state index < -0.39 is 29.6 Å². The van der Waals surface area contributed by atoms with Crippen molar-refractivity contribution in [3.63, 3.8) is 0 Å². The topological polar surface area (TPSA) is 18.5 Å². The van der Waals surface area contributed by atoms with E-state index in [4.69, 9.17) is 9.47 Å². The van der Waals surface area contributed by atoms with Gasteiger partial charge < -0.3 is 9.47 Å². The van der Waals surface area contributed by atoms with Gasteiger partial charge >= 0.3 is 12.4 Å². The van der Waals surface area contributed by atoms with Crippen molar-refractivity contribution in [2.75, 3.05) is 6.61 Å². The number of benzene rings is 2. The van der Waals surface area contributed by atoms with Gasteiger partial charge in [0.2, 0.25) is 0 Å². The first-order valence-corrected chi connectivity index (χ1v) is 7.76. The summed E-state index contributed by atoms with van der Waals surface area (Å²) in [5.41, 5.74) is -2.16. The molecule has 0 N–H and O–H groups in total. The van der Waals surface area contributed by atoms with Crippen molar-refractivity contribution < 1.29 is 35.8 Å². The third-order valence-electron chi connectivity index (χ3n) is 4.00. The summed E-state index contributed by atoms with van der Waals surface area (Å²) in [6.45, 7) is -0.00985. The number of alkyl halides is 6. The van der Waals surface area contributed by atoms with E-state index in [0.29, 0.717) is 30.9 Å². The normalized spacial score (nSPS) is 17.5. The highest BCUT2D eigenvalue weighted by molar-refractivity contribution is 5.37. The summed E-state index contributed by atoms with van der Waals surface area (Å²) in [4.78, 5) is 0. The molecule has 0 bridgehead atoms. The summed E-state index contributed by atoms with van der Waals surface area (Å²) in [7, 11) is 0. The summed E-state index contributed by atoms with van der Waals surface area (Å²) in [6, 6.07) is 8.48. The number of rotatable bonds is 3. The van der Waals surface area contributed by atoms with Crippen LogP contribution in [0, 0.1) is 0 Å². The van der Waals surface area contributed by atoms with E-state index in [1.807, 2.05) is 0 Å². The van der Waals surface area contributed by atoms with Crippen LogP contribution in [0.15, 0.2) is 42.5 Å². The van der Waals surface area contributed by atoms with Crippen molar-refractivity contribution in [2.45, 2.75) is 31.5 Å². The second-order valence-corrected chi connectivity index (χ2v) is 5.89. The van der Waals surface area contributed by atoms with Crippen molar-refractivity contribution in [1.82, 2.24) is 0 Å². The Morgan fingerprint density at radius 3 is 2.15 bits per heavy atom. The third-order valence-corrected chi connectivity index (χ3v) is 4.00. The zero-order chi connectivity index (χ0) is 18.9. The van der Waals surface area contributed by atoms with Crippen LogP contribution >= 0.6 is 0 Å². The fourth-order valence-corrected chi connectivity index (χ4v) is 2.78. The molecule has 0 aliphatic carbocycles. The molecule has 0 radical (unpaired) electrons. The molecule has 0 unspecified atom stereocenters. The van der Waals surface area contributed by atoms with Crippen LogP contribution < -0.4 is 4.74 Å². The monoisotopic (exact) mass is 376 g/mol. The largest absolute Gasteiger partial charge is 0.493 e. The maximum atomic E-state index is 12.9. The summed E-state index contributed by atoms with van der Waals surface area (Å²) in [5, 5.41) is 0. The molecule has 0 saturated heterocycles. The number of fused-ring (bicyclic) bond motifs is 1. The van der Waals surface area contributed by atoms with Gasteiger partial charge in [-0.05, 0) is 29.8 Å². The maximum Gasteiger partial charge on any atom is 0.416 e. The fraction of sp³-hybridized carbons (Fsp3) is 0.333. The average molecular weight is 376 g/mol. The van der Waals surface area contributed by atoms with Crippen molar-refractivity contribution in [2.24, 2.45) is 0 Å². The molecule has 26 heavy (non-hydrogen) atoms. The maximum absolute atomic E-state index is 12.9. The van der Waals surface area contributed by atoms with Crippen molar-refractivity contribution >= 4 is 0 Å². The standard InChI is InChI=1S/C18H14F6O2/c19-17(20,21)12-7-11(8-13(9-12)18(22,23)24)10-26-16-5-6-25-15-4-2-1-3-14(15)16/h1-4,7-9,16H,5-6,10H2/t16-/m1/s1. The second-order valence-electron chi connectivity index (χ2n) is 5.89. The van der Waals surface area contributed by atoms with Gasteiger partial charge in [-0.2, -0.15) is 26.3 Å². The predicted octanol–water partition coefficient (Wildman–Crippen LogP) is 5.76. The highest BCUT2D eigenvalue weighted by Gasteiger charge is 2.37. The van der Waals surface area contributed by atoms with Crippen LogP contribution in [0.5, 0.6) is 5.75 Å². The van der Waals surface area contributed by atoms with Gasteiger partial charge in [0.05, 0.1) is 30.4 Å². The smallest absolute Gasteiger partial charge is 0.416 e. The van der Waals surface area contributed by atoms with Crippen molar-refractivity contribution in [3.8, 4) is 5.75 Å². The molecule has 3 rings (SSSR count). The number of ether oxygens (including phenoxy) is 2. The van der Waals surface area contributed by atoms with Crippen LogP contribution in [0.2, 0.25) is 0 Å². The Hall–Kier alpha value is -2.22. The molecule has 1 aliphatic rings. The Balaban J connectivity index is 1.84. The summed E-state index contributed by atoms with van der Waals surface area (Å²) < 4.78 is 88.5. The molecule has 0 saturated carbocycles. The minimum absolute atomic E-state index is 0.104. The summed E-state index contributed by atoms with van der Waals surface area (Å²) in [6.07, 6.45) is -9.74. The first-order valence-electron chi connectivity index (χ1n) is 7.76. The van der Waals surface area contributed by atoms with Crippen LogP contribution in [0.1, 0.15) is 34.8 Å². The minimum atomic E-state index is -4.87. The van der Waals surface area contributed by atoms with Crippen LogP contribution in [0.4, 0.5) is 26.3 Å². The highest BCUT2D eigenvalue weighted by atomic mass is 19.4. The lowest BCUT2D eigenvalue weighted by atomic mass is 10.0. The Kier molecular flexibility index (Phi) is 4.88. The van der Waals surface area contributed by atoms with Crippen molar-refractivity contribution in [3.05, 3.63) is 64.7 Å². The van der Waals surface area contributed by atoms with Crippen LogP contribution in [-0.4, -0.2) is 6.61 Å². The Labute approximate surface area is 145 Å². The Morgan fingerprint density at radius 1 is 0.923 bits per heavy atom. The molecular formula is C18H14F6O2. The van der Waals surface area contributed by atoms with E-state index in [1.165, 1.54) is 0 Å². The molecule has 140 valence electrons. The lowest BCUT2D eigenvalue weighted by Crippen LogP contribution is -2.17. The zero-order valence-electron chi connectivity index (χ0n) is 13.3. The molecule has 0 fully saturated rings. The Morgan fingerprint density at radius 2 is 1.54 bits per heavy atom. The van der Waals surface area contributed by atoms with Gasteiger partial charge in [-0.15, -0.1) is 0 Å². The second kappa shape index (κ2) is 6.83. The predicted molar refractivity (Wildman–Crippen MR) is 80.5 cm³/mol. The molecule has 0 amide bonds. The lowest BCUT2D eigenvalue weighted by Gasteiger charge is -2.26. The molecule has 0 spiro atoms. The molecule has 2 aromatic rings. The lowest BCUT2D eigenvalue weighted by molar-refractivity contribution is -0.143. The van der Waals surface area contributed by atoms with Crippen LogP contribution in [0.3, 0.4) is 0 Å². The number of para-hydroxylation sites is 1. The fourth-order valence-electron chi connectivity index (χ4n) is 2.78. The molecular weight excluding hydrogens is 362 g/mol. The van der Waals surface area contributed by atoms with Gasteiger partial charge in [-0.3, -0.25) is 0 Å².